The smallest absolute Gasteiger partial charge is 0.167 e. The van der Waals surface area contributed by atoms with Gasteiger partial charge in [-0.2, -0.15) is 0 Å². The Morgan fingerprint density at radius 2 is 1.57 bits per heavy atom. The zero-order valence-corrected chi connectivity index (χ0v) is 11.7. The summed E-state index contributed by atoms with van der Waals surface area (Å²) in [6.45, 7) is 0. The minimum absolute atomic E-state index is 0.0382. The van der Waals surface area contributed by atoms with E-state index < -0.39 is 23.0 Å². The van der Waals surface area contributed by atoms with E-state index in [1.807, 2.05) is 0 Å². The summed E-state index contributed by atoms with van der Waals surface area (Å²) in [6.07, 6.45) is 0. The van der Waals surface area contributed by atoms with Crippen molar-refractivity contribution in [2.75, 3.05) is 0 Å². The average molecular weight is 329 g/mol. The summed E-state index contributed by atoms with van der Waals surface area (Å²) in [7, 11) is 0. The third-order valence-corrected chi connectivity index (χ3v) is 3.45. The molecule has 0 bridgehead atoms. The van der Waals surface area contributed by atoms with E-state index in [-0.39, 0.29) is 11.0 Å². The molecule has 0 N–H and O–H groups in total. The van der Waals surface area contributed by atoms with Crippen molar-refractivity contribution < 1.29 is 13.2 Å². The molecule has 0 unspecified atom stereocenters. The van der Waals surface area contributed by atoms with Gasteiger partial charge in [0.05, 0.1) is 21.5 Å². The van der Waals surface area contributed by atoms with Gasteiger partial charge in [0.1, 0.15) is 22.6 Å². The van der Waals surface area contributed by atoms with Gasteiger partial charge in [-0.1, -0.05) is 29.3 Å². The summed E-state index contributed by atoms with van der Waals surface area (Å²) >= 11 is 12.0. The number of rotatable bonds is 1. The highest BCUT2D eigenvalue weighted by Gasteiger charge is 2.18. The lowest BCUT2D eigenvalue weighted by Gasteiger charge is -2.07. The van der Waals surface area contributed by atoms with Crippen molar-refractivity contribution in [3.05, 3.63) is 58.0 Å². The number of benzene rings is 2. The Bertz CT molecular complexity index is 845. The van der Waals surface area contributed by atoms with E-state index in [0.29, 0.717) is 28.1 Å². The second-order valence-electron chi connectivity index (χ2n) is 4.22. The van der Waals surface area contributed by atoms with Crippen molar-refractivity contribution in [1.82, 2.24) is 9.97 Å². The molecule has 0 radical (unpaired) electrons. The van der Waals surface area contributed by atoms with E-state index in [4.69, 9.17) is 23.2 Å². The molecule has 2 aromatic carbocycles. The maximum absolute atomic E-state index is 13.8. The number of aromatic nitrogens is 2. The van der Waals surface area contributed by atoms with Crippen LogP contribution < -0.4 is 0 Å². The topological polar surface area (TPSA) is 25.8 Å². The van der Waals surface area contributed by atoms with Gasteiger partial charge in [0.2, 0.25) is 0 Å². The fourth-order valence-corrected chi connectivity index (χ4v) is 2.55. The van der Waals surface area contributed by atoms with Crippen LogP contribution >= 0.6 is 23.2 Å². The van der Waals surface area contributed by atoms with E-state index in [9.17, 15) is 13.2 Å². The fourth-order valence-electron chi connectivity index (χ4n) is 1.97. The molecule has 0 spiro atoms. The maximum atomic E-state index is 13.8. The highest BCUT2D eigenvalue weighted by atomic mass is 35.5. The van der Waals surface area contributed by atoms with Crippen LogP contribution in [-0.2, 0) is 0 Å². The standard InChI is InChI=1S/C14H5Cl2F3N2/c15-7-2-1-3-10-11(7)13(16)21-14(20-10)12-8(18)4-6(17)5-9(12)19/h1-5H. The molecule has 3 rings (SSSR count). The van der Waals surface area contributed by atoms with Crippen LogP contribution in [0.2, 0.25) is 10.2 Å². The Kier molecular flexibility index (Phi) is 3.47. The molecule has 106 valence electrons. The monoisotopic (exact) mass is 328 g/mol. The molecule has 1 aromatic heterocycles. The minimum atomic E-state index is -1.11. The van der Waals surface area contributed by atoms with E-state index >= 15 is 0 Å². The molecular formula is C14H5Cl2F3N2. The Balaban J connectivity index is 2.32. The summed E-state index contributed by atoms with van der Waals surface area (Å²) in [5.74, 6) is -3.51. The van der Waals surface area contributed by atoms with E-state index in [0.717, 1.165) is 0 Å². The van der Waals surface area contributed by atoms with Gasteiger partial charge in [0.15, 0.2) is 5.82 Å². The van der Waals surface area contributed by atoms with Crippen LogP contribution in [0.15, 0.2) is 30.3 Å². The second kappa shape index (κ2) is 5.16. The molecule has 0 saturated heterocycles. The van der Waals surface area contributed by atoms with Crippen LogP contribution in [0, 0.1) is 17.5 Å². The van der Waals surface area contributed by atoms with Crippen LogP contribution in [-0.4, -0.2) is 9.97 Å². The van der Waals surface area contributed by atoms with Crippen LogP contribution in [0.4, 0.5) is 13.2 Å². The molecule has 7 heteroatoms. The zero-order valence-electron chi connectivity index (χ0n) is 10.2. The van der Waals surface area contributed by atoms with Gasteiger partial charge in [-0.25, -0.2) is 23.1 Å². The number of nitrogens with zero attached hydrogens (tertiary/aromatic N) is 2. The number of halogens is 5. The van der Waals surface area contributed by atoms with Crippen LogP contribution in [0.3, 0.4) is 0 Å². The normalized spacial score (nSPS) is 11.1. The molecule has 0 aliphatic heterocycles. The highest BCUT2D eigenvalue weighted by Crippen LogP contribution is 2.32. The van der Waals surface area contributed by atoms with Crippen molar-refractivity contribution in [2.24, 2.45) is 0 Å². The molecule has 1 heterocycles. The summed E-state index contributed by atoms with van der Waals surface area (Å²) in [5, 5.41) is 0.667. The lowest BCUT2D eigenvalue weighted by atomic mass is 10.1. The third kappa shape index (κ3) is 2.43. The van der Waals surface area contributed by atoms with Crippen LogP contribution in [0.5, 0.6) is 0 Å². The van der Waals surface area contributed by atoms with Crippen molar-refractivity contribution in [2.45, 2.75) is 0 Å². The number of hydrogen-bond acceptors (Lipinski definition) is 2. The first-order chi connectivity index (χ1) is 9.97. The Hall–Kier alpha value is -1.85. The Morgan fingerprint density at radius 1 is 0.905 bits per heavy atom. The predicted molar refractivity (Wildman–Crippen MR) is 74.9 cm³/mol. The van der Waals surface area contributed by atoms with Gasteiger partial charge in [-0.05, 0) is 12.1 Å². The van der Waals surface area contributed by atoms with Crippen molar-refractivity contribution in [1.29, 1.82) is 0 Å². The molecule has 3 aromatic rings. The molecule has 0 saturated carbocycles. The highest BCUT2D eigenvalue weighted by molar-refractivity contribution is 6.41. The SMILES string of the molecule is Fc1cc(F)c(-c2nc(Cl)c3c(Cl)cccc3n2)c(F)c1. The molecule has 0 aliphatic carbocycles. The first kappa shape index (κ1) is 14.1. The Morgan fingerprint density at radius 3 is 2.24 bits per heavy atom. The van der Waals surface area contributed by atoms with E-state index in [2.05, 4.69) is 9.97 Å². The summed E-state index contributed by atoms with van der Waals surface area (Å²) in [6, 6.07) is 5.90. The van der Waals surface area contributed by atoms with E-state index in [1.165, 1.54) is 0 Å². The summed E-state index contributed by atoms with van der Waals surface area (Å²) < 4.78 is 40.5. The first-order valence-electron chi connectivity index (χ1n) is 5.74. The largest absolute Gasteiger partial charge is 0.228 e. The first-order valence-corrected chi connectivity index (χ1v) is 6.49. The number of hydrogen-bond donors (Lipinski definition) is 0. The maximum Gasteiger partial charge on any atom is 0.167 e. The van der Waals surface area contributed by atoms with Gasteiger partial charge >= 0.3 is 0 Å². The minimum Gasteiger partial charge on any atom is -0.228 e. The third-order valence-electron chi connectivity index (χ3n) is 2.86. The number of fused-ring (bicyclic) bond motifs is 1. The molecule has 0 atom stereocenters. The van der Waals surface area contributed by atoms with Crippen molar-refractivity contribution >= 4 is 34.1 Å². The van der Waals surface area contributed by atoms with Crippen LogP contribution in [0.1, 0.15) is 0 Å². The fraction of sp³-hybridized carbons (Fsp3) is 0. The zero-order chi connectivity index (χ0) is 15.1. The quantitative estimate of drug-likeness (QED) is 0.586. The summed E-state index contributed by atoms with van der Waals surface area (Å²) in [4.78, 5) is 7.89. The van der Waals surface area contributed by atoms with Gasteiger partial charge in [0.25, 0.3) is 0 Å². The molecule has 21 heavy (non-hydrogen) atoms. The van der Waals surface area contributed by atoms with Crippen LogP contribution in [0.25, 0.3) is 22.3 Å². The molecular weight excluding hydrogens is 324 g/mol. The lowest BCUT2D eigenvalue weighted by Crippen LogP contribution is -1.98. The van der Waals surface area contributed by atoms with Gasteiger partial charge in [0, 0.05) is 12.1 Å². The molecule has 0 aliphatic rings. The van der Waals surface area contributed by atoms with Gasteiger partial charge < -0.3 is 0 Å². The molecule has 0 fully saturated rings. The van der Waals surface area contributed by atoms with Crippen molar-refractivity contribution in [3.63, 3.8) is 0 Å². The summed E-state index contributed by atoms with van der Waals surface area (Å²) in [5.41, 5.74) is -0.208. The predicted octanol–water partition coefficient (Wildman–Crippen LogP) is 5.02. The molecule has 0 amide bonds. The van der Waals surface area contributed by atoms with E-state index in [1.54, 1.807) is 18.2 Å². The average Bonchev–Trinajstić information content (AvgIpc) is 2.37. The lowest BCUT2D eigenvalue weighted by molar-refractivity contribution is 0.547. The second-order valence-corrected chi connectivity index (χ2v) is 4.98. The molecule has 2 nitrogen and oxygen atoms in total. The van der Waals surface area contributed by atoms with Crippen molar-refractivity contribution in [3.8, 4) is 11.4 Å². The van der Waals surface area contributed by atoms with Gasteiger partial charge in [-0.3, -0.25) is 0 Å². The Labute approximate surface area is 127 Å². The van der Waals surface area contributed by atoms with Gasteiger partial charge in [-0.15, -0.1) is 0 Å².